The molecule has 1 aromatic heterocycles. The number of rotatable bonds is 10. The van der Waals surface area contributed by atoms with E-state index in [1.54, 1.807) is 11.0 Å². The summed E-state index contributed by atoms with van der Waals surface area (Å²) in [5.74, 6) is -2.60. The normalized spacial score (nSPS) is 23.5. The quantitative estimate of drug-likeness (QED) is 0.240. The van der Waals surface area contributed by atoms with Gasteiger partial charge in [0.15, 0.2) is 0 Å². The second-order valence-corrected chi connectivity index (χ2v) is 15.4. The van der Waals surface area contributed by atoms with Gasteiger partial charge < -0.3 is 19.5 Å². The number of nitrogens with one attached hydrogen (secondary N) is 2. The van der Waals surface area contributed by atoms with Gasteiger partial charge in [-0.05, 0) is 82.6 Å². The molecule has 0 radical (unpaired) electrons. The van der Waals surface area contributed by atoms with E-state index in [0.717, 1.165) is 25.0 Å². The molecule has 4 fully saturated rings. The van der Waals surface area contributed by atoms with Crippen LogP contribution in [0.3, 0.4) is 0 Å². The summed E-state index contributed by atoms with van der Waals surface area (Å²) in [6.07, 6.45) is 0.156. The molecule has 15 heteroatoms. The number of amides is 1. The number of aromatic nitrogens is 1. The van der Waals surface area contributed by atoms with Crippen LogP contribution < -0.4 is 19.7 Å². The van der Waals surface area contributed by atoms with Crippen molar-refractivity contribution in [1.82, 2.24) is 15.2 Å². The molecule has 9 nitrogen and oxygen atoms in total. The van der Waals surface area contributed by atoms with Crippen LogP contribution in [0.2, 0.25) is 0 Å². The van der Waals surface area contributed by atoms with Crippen molar-refractivity contribution in [2.24, 2.45) is 0 Å². The van der Waals surface area contributed by atoms with Gasteiger partial charge in [-0.1, -0.05) is 17.3 Å². The number of piperidine rings is 1. The molecule has 3 aromatic rings. The minimum atomic E-state index is -4.88. The highest BCUT2D eigenvalue weighted by Crippen LogP contribution is 2.47. The van der Waals surface area contributed by atoms with Gasteiger partial charge in [-0.15, -0.1) is 13.2 Å². The number of para-hydroxylation sites is 1. The Morgan fingerprint density at radius 1 is 1.06 bits per heavy atom. The lowest BCUT2D eigenvalue weighted by Crippen LogP contribution is -2.49. The standard InChI is InChI=1S/C32H33F5N4O5S/c1-31(10-11-31)47(43,44)40-30(42)18-12-24(33)28(25(34)13-18)41-20-8-9-21(41)15-19(14-20)38-16-23-27(39-46-29(23)17-6-7-17)22-4-2-3-5-26(22)45-32(35,36)37/h2-5,12-13,17,19-21,38H,6-11,14-16H2,1H3,(H,40,42). The van der Waals surface area contributed by atoms with Crippen molar-refractivity contribution in [2.75, 3.05) is 4.90 Å². The summed E-state index contributed by atoms with van der Waals surface area (Å²) >= 11 is 0. The molecule has 2 saturated carbocycles. The number of carbonyl (C=O) groups excluding carboxylic acids is 1. The summed E-state index contributed by atoms with van der Waals surface area (Å²) in [6, 6.07) is 7.03. The first-order valence-electron chi connectivity index (χ1n) is 15.6. The van der Waals surface area contributed by atoms with E-state index in [0.29, 0.717) is 49.8 Å². The third-order valence-electron chi connectivity index (χ3n) is 9.80. The molecule has 2 N–H and O–H groups in total. The van der Waals surface area contributed by atoms with E-state index in [1.807, 2.05) is 4.72 Å². The Hall–Kier alpha value is -3.72. The van der Waals surface area contributed by atoms with Gasteiger partial charge in [0.2, 0.25) is 10.0 Å². The Labute approximate surface area is 267 Å². The van der Waals surface area contributed by atoms with Gasteiger partial charge in [-0.2, -0.15) is 0 Å². The topological polar surface area (TPSA) is 114 Å². The van der Waals surface area contributed by atoms with Crippen LogP contribution >= 0.6 is 0 Å². The lowest BCUT2D eigenvalue weighted by Gasteiger charge is -2.41. The number of hydrogen-bond acceptors (Lipinski definition) is 8. The fourth-order valence-corrected chi connectivity index (χ4v) is 8.14. The second-order valence-electron chi connectivity index (χ2n) is 13.2. The van der Waals surface area contributed by atoms with Gasteiger partial charge >= 0.3 is 6.36 Å². The van der Waals surface area contributed by atoms with E-state index in [4.69, 9.17) is 4.52 Å². The van der Waals surface area contributed by atoms with Crippen molar-refractivity contribution >= 4 is 21.6 Å². The molecular formula is C32H33F5N4O5S. The van der Waals surface area contributed by atoms with Crippen molar-refractivity contribution in [3.05, 3.63) is 64.9 Å². The van der Waals surface area contributed by atoms with E-state index < -0.39 is 44.2 Å². The van der Waals surface area contributed by atoms with E-state index in [1.165, 1.54) is 25.1 Å². The Bertz CT molecular complexity index is 1780. The van der Waals surface area contributed by atoms with Gasteiger partial charge in [-0.3, -0.25) is 4.79 Å². The zero-order valence-electron chi connectivity index (χ0n) is 25.4. The molecule has 2 atom stereocenters. The van der Waals surface area contributed by atoms with Crippen molar-refractivity contribution in [3.8, 4) is 17.0 Å². The average Bonchev–Trinajstić information content (AvgIpc) is 3.92. The van der Waals surface area contributed by atoms with Crippen LogP contribution in [-0.2, 0) is 16.6 Å². The molecule has 1 amide bonds. The van der Waals surface area contributed by atoms with Crippen LogP contribution in [0.4, 0.5) is 27.6 Å². The fraction of sp³-hybridized carbons (Fsp3) is 0.500. The van der Waals surface area contributed by atoms with E-state index in [-0.39, 0.29) is 53.3 Å². The summed E-state index contributed by atoms with van der Waals surface area (Å²) < 4.78 is 106. The number of halogens is 5. The minimum absolute atomic E-state index is 0.0645. The third-order valence-corrected chi connectivity index (χ3v) is 12.0. The van der Waals surface area contributed by atoms with Crippen LogP contribution in [0.25, 0.3) is 11.3 Å². The predicted molar refractivity (Wildman–Crippen MR) is 160 cm³/mol. The summed E-state index contributed by atoms with van der Waals surface area (Å²) in [5.41, 5.74) is 0.424. The molecule has 3 heterocycles. The number of fused-ring (bicyclic) bond motifs is 2. The summed E-state index contributed by atoms with van der Waals surface area (Å²) in [5, 5.41) is 7.66. The van der Waals surface area contributed by atoms with E-state index >= 15 is 8.78 Å². The largest absolute Gasteiger partial charge is 0.573 e. The van der Waals surface area contributed by atoms with E-state index in [2.05, 4.69) is 15.2 Å². The molecule has 47 heavy (non-hydrogen) atoms. The van der Waals surface area contributed by atoms with Crippen LogP contribution in [0.5, 0.6) is 5.75 Å². The first-order valence-corrected chi connectivity index (χ1v) is 17.1. The van der Waals surface area contributed by atoms with Crippen LogP contribution in [0, 0.1) is 11.6 Å². The Morgan fingerprint density at radius 2 is 1.70 bits per heavy atom. The number of hydrogen-bond donors (Lipinski definition) is 2. The summed E-state index contributed by atoms with van der Waals surface area (Å²) in [6.45, 7) is 1.77. The van der Waals surface area contributed by atoms with Gasteiger partial charge in [0, 0.05) is 47.3 Å². The lowest BCUT2D eigenvalue weighted by atomic mass is 9.95. The smallest absolute Gasteiger partial charge is 0.405 e. The van der Waals surface area contributed by atoms with Crippen molar-refractivity contribution < 1.29 is 44.4 Å². The van der Waals surface area contributed by atoms with Gasteiger partial charge in [0.25, 0.3) is 5.91 Å². The molecule has 0 spiro atoms. The number of ether oxygens (including phenoxy) is 1. The number of alkyl halides is 3. The maximum Gasteiger partial charge on any atom is 0.573 e. The highest BCUT2D eigenvalue weighted by Gasteiger charge is 2.51. The highest BCUT2D eigenvalue weighted by molar-refractivity contribution is 7.91. The van der Waals surface area contributed by atoms with E-state index in [9.17, 15) is 26.4 Å². The summed E-state index contributed by atoms with van der Waals surface area (Å²) in [7, 11) is -3.98. The van der Waals surface area contributed by atoms with Crippen LogP contribution in [0.1, 0.15) is 85.9 Å². The van der Waals surface area contributed by atoms with Crippen LogP contribution in [-0.4, -0.2) is 48.7 Å². The number of carbonyl (C=O) groups is 1. The number of benzene rings is 2. The molecule has 2 bridgehead atoms. The molecule has 2 aromatic carbocycles. The summed E-state index contributed by atoms with van der Waals surface area (Å²) in [4.78, 5) is 14.4. The van der Waals surface area contributed by atoms with Gasteiger partial charge in [0.1, 0.15) is 34.5 Å². The molecule has 2 aliphatic carbocycles. The molecule has 7 rings (SSSR count). The minimum Gasteiger partial charge on any atom is -0.405 e. The monoisotopic (exact) mass is 680 g/mol. The van der Waals surface area contributed by atoms with Gasteiger partial charge in [-0.25, -0.2) is 21.9 Å². The van der Waals surface area contributed by atoms with Crippen LogP contribution in [0.15, 0.2) is 40.9 Å². The third kappa shape index (κ3) is 6.19. The molecular weight excluding hydrogens is 647 g/mol. The maximum atomic E-state index is 15.5. The molecule has 2 saturated heterocycles. The first kappa shape index (κ1) is 31.9. The lowest BCUT2D eigenvalue weighted by molar-refractivity contribution is -0.274. The van der Waals surface area contributed by atoms with Gasteiger partial charge in [0.05, 0.1) is 4.75 Å². The molecule has 252 valence electrons. The van der Waals surface area contributed by atoms with Crippen molar-refractivity contribution in [1.29, 1.82) is 0 Å². The molecule has 4 aliphatic rings. The molecule has 2 unspecified atom stereocenters. The zero-order chi connectivity index (χ0) is 33.3. The Kier molecular flexibility index (Phi) is 7.77. The zero-order valence-corrected chi connectivity index (χ0v) is 26.2. The highest BCUT2D eigenvalue weighted by atomic mass is 32.2. The van der Waals surface area contributed by atoms with Crippen molar-refractivity contribution in [3.63, 3.8) is 0 Å². The maximum absolute atomic E-state index is 15.5. The number of anilines is 1. The first-order chi connectivity index (χ1) is 22.2. The Morgan fingerprint density at radius 3 is 2.30 bits per heavy atom. The van der Waals surface area contributed by atoms with Crippen molar-refractivity contribution in [2.45, 2.75) is 100.0 Å². The predicted octanol–water partition coefficient (Wildman–Crippen LogP) is 6.30. The fourth-order valence-electron chi connectivity index (χ4n) is 6.89. The molecule has 2 aliphatic heterocycles. The number of sulfonamides is 1. The average molecular weight is 681 g/mol. The number of nitrogens with zero attached hydrogens (tertiary/aromatic N) is 2. The Balaban J connectivity index is 1.07. The second kappa shape index (κ2) is 11.5. The SMILES string of the molecule is CC1(S(=O)(=O)NC(=O)c2cc(F)c(N3C4CCC3CC(NCc3c(-c5ccccc5OC(F)(F)F)noc3C3CC3)C4)c(F)c2)CC1.